The molecule has 8 heteroatoms. The van der Waals surface area contributed by atoms with Crippen LogP contribution < -0.4 is 51.4 Å². The second-order valence-corrected chi connectivity index (χ2v) is 6.43. The summed E-state index contributed by atoms with van der Waals surface area (Å²) in [5.74, 6) is 0. The molecule has 0 amide bonds. The van der Waals surface area contributed by atoms with Crippen LogP contribution in [0.1, 0.15) is 1.43 Å². The standard InChI is InChI=1S/C12H10O4S2.HI.K.H/c13-17(10-4-2-1-3-5-10)11-6-8-12(9-7-11)18(14,15)16;;;/h1-9H,(H,14,15,16);1H;;/q;;+1;-1. The van der Waals surface area contributed by atoms with E-state index >= 15 is 0 Å². The third-order valence-electron chi connectivity index (χ3n) is 2.29. The zero-order chi connectivity index (χ0) is 13.2. The van der Waals surface area contributed by atoms with Crippen molar-refractivity contribution in [2.45, 2.75) is 14.7 Å². The van der Waals surface area contributed by atoms with Crippen molar-refractivity contribution in [3.63, 3.8) is 0 Å². The molecule has 2 aromatic carbocycles. The molecular weight excluding hydrogens is 438 g/mol. The summed E-state index contributed by atoms with van der Waals surface area (Å²) in [5.41, 5.74) is 0. The van der Waals surface area contributed by atoms with E-state index in [1.54, 1.807) is 24.3 Å². The van der Waals surface area contributed by atoms with E-state index in [9.17, 15) is 12.6 Å². The first kappa shape index (κ1) is 20.9. The van der Waals surface area contributed by atoms with Crippen LogP contribution in [0.25, 0.3) is 0 Å². The Labute approximate surface area is 181 Å². The van der Waals surface area contributed by atoms with Gasteiger partial charge < -0.3 is 1.43 Å². The van der Waals surface area contributed by atoms with E-state index in [4.69, 9.17) is 4.55 Å². The molecule has 104 valence electrons. The van der Waals surface area contributed by atoms with Gasteiger partial charge in [0.15, 0.2) is 0 Å². The molecule has 0 aromatic heterocycles. The Kier molecular flexibility index (Phi) is 9.50. The van der Waals surface area contributed by atoms with E-state index in [1.165, 1.54) is 24.3 Å². The minimum Gasteiger partial charge on any atom is -1.00 e. The zero-order valence-electron chi connectivity index (χ0n) is 11.6. The summed E-state index contributed by atoms with van der Waals surface area (Å²) >= 11 is 0. The first-order valence-electron chi connectivity index (χ1n) is 5.03. The van der Waals surface area contributed by atoms with Crippen molar-refractivity contribution in [1.82, 2.24) is 0 Å². The molecule has 1 N–H and O–H groups in total. The fourth-order valence-electron chi connectivity index (χ4n) is 1.42. The molecule has 0 aliphatic heterocycles. The van der Waals surface area contributed by atoms with Gasteiger partial charge in [-0.05, 0) is 36.4 Å². The van der Waals surface area contributed by atoms with Crippen LogP contribution in [0.5, 0.6) is 0 Å². The van der Waals surface area contributed by atoms with Crippen LogP contribution in [0, 0.1) is 0 Å². The zero-order valence-corrected chi connectivity index (χ0v) is 17.7. The van der Waals surface area contributed by atoms with E-state index in [1.807, 2.05) is 6.07 Å². The topological polar surface area (TPSA) is 71.4 Å². The molecule has 0 spiro atoms. The number of hydrogen-bond acceptors (Lipinski definition) is 3. The summed E-state index contributed by atoms with van der Waals surface area (Å²) < 4.78 is 42.7. The fourth-order valence-corrected chi connectivity index (χ4v) is 2.96. The minimum absolute atomic E-state index is 0. The first-order valence-corrected chi connectivity index (χ1v) is 7.62. The molecule has 0 radical (unpaired) electrons. The maximum absolute atomic E-state index is 12.1. The van der Waals surface area contributed by atoms with Gasteiger partial charge in [0.25, 0.3) is 10.1 Å². The van der Waals surface area contributed by atoms with Gasteiger partial charge in [0.2, 0.25) is 0 Å². The molecule has 0 bridgehead atoms. The van der Waals surface area contributed by atoms with Crippen LogP contribution in [0.2, 0.25) is 0 Å². The molecule has 20 heavy (non-hydrogen) atoms. The van der Waals surface area contributed by atoms with Gasteiger partial charge in [-0.15, -0.1) is 24.0 Å². The summed E-state index contributed by atoms with van der Waals surface area (Å²) in [7, 11) is -5.57. The Bertz CT molecular complexity index is 678. The normalized spacial score (nSPS) is 11.8. The van der Waals surface area contributed by atoms with Gasteiger partial charge in [-0.1, -0.05) is 18.2 Å². The SMILES string of the molecule is I.O=S(c1ccccc1)c1ccc(S(=O)(=O)O)cc1.[H-].[K+]. The van der Waals surface area contributed by atoms with Gasteiger partial charge in [0.05, 0.1) is 15.7 Å². The third kappa shape index (κ3) is 5.58. The van der Waals surface area contributed by atoms with Crippen molar-refractivity contribution < 1.29 is 70.0 Å². The summed E-state index contributed by atoms with van der Waals surface area (Å²) in [4.78, 5) is 0.905. The molecule has 2 rings (SSSR count). The molecule has 1 atom stereocenters. The second kappa shape index (κ2) is 9.11. The van der Waals surface area contributed by atoms with Crippen molar-refractivity contribution in [3.8, 4) is 0 Å². The number of hydrogen-bond donors (Lipinski definition) is 1. The van der Waals surface area contributed by atoms with E-state index < -0.39 is 20.9 Å². The Hall–Kier alpha value is 0.866. The summed E-state index contributed by atoms with van der Waals surface area (Å²) in [6.45, 7) is 0. The maximum atomic E-state index is 12.1. The van der Waals surface area contributed by atoms with Crippen LogP contribution in [0.4, 0.5) is 0 Å². The van der Waals surface area contributed by atoms with Crippen LogP contribution in [-0.2, 0) is 20.9 Å². The Balaban J connectivity index is 0. The smallest absolute Gasteiger partial charge is 1.00 e. The van der Waals surface area contributed by atoms with Crippen molar-refractivity contribution >= 4 is 44.9 Å². The molecule has 0 fully saturated rings. The van der Waals surface area contributed by atoms with Crippen molar-refractivity contribution in [2.24, 2.45) is 0 Å². The van der Waals surface area contributed by atoms with Crippen LogP contribution in [0.15, 0.2) is 69.3 Å². The van der Waals surface area contributed by atoms with Gasteiger partial charge in [-0.25, -0.2) is 4.21 Å². The molecule has 0 heterocycles. The average molecular weight is 450 g/mol. The van der Waals surface area contributed by atoms with E-state index in [2.05, 4.69) is 0 Å². The molecule has 0 aliphatic rings. The summed E-state index contributed by atoms with van der Waals surface area (Å²) in [5, 5.41) is 0. The first-order chi connectivity index (χ1) is 8.48. The van der Waals surface area contributed by atoms with Gasteiger partial charge >= 0.3 is 51.4 Å². The van der Waals surface area contributed by atoms with Crippen molar-refractivity contribution in [2.75, 3.05) is 0 Å². The molecular formula is C12H12IKO4S2. The van der Waals surface area contributed by atoms with Crippen LogP contribution >= 0.6 is 24.0 Å². The fraction of sp³-hybridized carbons (Fsp3) is 0. The third-order valence-corrected chi connectivity index (χ3v) is 4.56. The predicted octanol–water partition coefficient (Wildman–Crippen LogP) is -0.166. The van der Waals surface area contributed by atoms with Gasteiger partial charge in [-0.2, -0.15) is 8.42 Å². The summed E-state index contributed by atoms with van der Waals surface area (Å²) in [6.07, 6.45) is 0. The number of rotatable bonds is 3. The van der Waals surface area contributed by atoms with E-state index in [0.29, 0.717) is 9.79 Å². The van der Waals surface area contributed by atoms with Gasteiger partial charge in [0, 0.05) is 9.79 Å². The monoisotopic (exact) mass is 450 g/mol. The quantitative estimate of drug-likeness (QED) is 0.401. The Morgan fingerprint density at radius 3 is 1.80 bits per heavy atom. The van der Waals surface area contributed by atoms with Crippen molar-refractivity contribution in [1.29, 1.82) is 0 Å². The molecule has 2 aromatic rings. The van der Waals surface area contributed by atoms with Gasteiger partial charge in [-0.3, -0.25) is 4.55 Å². The van der Waals surface area contributed by atoms with Crippen LogP contribution in [0.3, 0.4) is 0 Å². The largest absolute Gasteiger partial charge is 1.00 e. The minimum atomic E-state index is -4.21. The van der Waals surface area contributed by atoms with Crippen LogP contribution in [-0.4, -0.2) is 17.2 Å². The van der Waals surface area contributed by atoms with Gasteiger partial charge in [0.1, 0.15) is 0 Å². The molecule has 0 aliphatic carbocycles. The molecule has 4 nitrogen and oxygen atoms in total. The maximum Gasteiger partial charge on any atom is 1.00 e. The molecule has 0 saturated heterocycles. The average Bonchev–Trinajstić information content (AvgIpc) is 2.38. The van der Waals surface area contributed by atoms with Crippen molar-refractivity contribution in [3.05, 3.63) is 54.6 Å². The molecule has 0 saturated carbocycles. The number of benzene rings is 2. The Morgan fingerprint density at radius 1 is 0.900 bits per heavy atom. The van der Waals surface area contributed by atoms with E-state index in [0.717, 1.165) is 0 Å². The van der Waals surface area contributed by atoms with E-state index in [-0.39, 0.29) is 81.7 Å². The number of halogens is 1. The Morgan fingerprint density at radius 2 is 1.35 bits per heavy atom. The predicted molar refractivity (Wildman–Crippen MR) is 83.9 cm³/mol. The summed E-state index contributed by atoms with van der Waals surface area (Å²) in [6, 6.07) is 14.1. The molecule has 1 unspecified atom stereocenters. The second-order valence-electron chi connectivity index (χ2n) is 3.53.